The summed E-state index contributed by atoms with van der Waals surface area (Å²) >= 11 is 3.26. The Labute approximate surface area is 108 Å². The van der Waals surface area contributed by atoms with Crippen LogP contribution in [0.4, 0.5) is 4.39 Å². The van der Waals surface area contributed by atoms with Gasteiger partial charge in [-0.25, -0.2) is 4.39 Å². The highest BCUT2D eigenvalue weighted by Crippen LogP contribution is 2.09. The lowest BCUT2D eigenvalue weighted by atomic mass is 10.2. The maximum Gasteiger partial charge on any atom is 0.257 e. The summed E-state index contributed by atoms with van der Waals surface area (Å²) in [6.45, 7) is 1.36. The van der Waals surface area contributed by atoms with E-state index in [-0.39, 0.29) is 11.5 Å². The van der Waals surface area contributed by atoms with E-state index in [9.17, 15) is 9.18 Å². The number of carbonyl (C=O) groups is 1. The van der Waals surface area contributed by atoms with Gasteiger partial charge < -0.3 is 9.64 Å². The van der Waals surface area contributed by atoms with E-state index in [1.54, 1.807) is 7.11 Å². The van der Waals surface area contributed by atoms with Gasteiger partial charge in [0.1, 0.15) is 0 Å². The van der Waals surface area contributed by atoms with E-state index in [4.69, 9.17) is 4.74 Å². The minimum absolute atomic E-state index is 0.0389. The van der Waals surface area contributed by atoms with E-state index in [1.807, 2.05) is 0 Å². The fraction of sp³-hybridized carbons (Fsp3) is 0.455. The molecular weight excluding hydrogens is 291 g/mol. The Kier molecular flexibility index (Phi) is 6.07. The first-order valence-corrected chi connectivity index (χ1v) is 6.26. The van der Waals surface area contributed by atoms with Gasteiger partial charge in [0, 0.05) is 31.7 Å². The summed E-state index contributed by atoms with van der Waals surface area (Å²) < 4.78 is 18.3. The highest BCUT2D eigenvalue weighted by molar-refractivity contribution is 9.09. The second-order valence-electron chi connectivity index (χ2n) is 3.33. The maximum atomic E-state index is 13.4. The van der Waals surface area contributed by atoms with E-state index in [2.05, 4.69) is 20.9 Å². The van der Waals surface area contributed by atoms with Gasteiger partial charge in [0.2, 0.25) is 0 Å². The van der Waals surface area contributed by atoms with Crippen LogP contribution in [-0.4, -0.2) is 47.9 Å². The molecule has 0 unspecified atom stereocenters. The van der Waals surface area contributed by atoms with Gasteiger partial charge in [0.15, 0.2) is 5.82 Å². The molecule has 0 radical (unpaired) electrons. The third-order valence-corrected chi connectivity index (χ3v) is 2.56. The smallest absolute Gasteiger partial charge is 0.257 e. The molecule has 1 rings (SSSR count). The van der Waals surface area contributed by atoms with Crippen LogP contribution < -0.4 is 0 Å². The van der Waals surface area contributed by atoms with Crippen LogP contribution >= 0.6 is 15.9 Å². The molecule has 0 bridgehead atoms. The molecule has 0 atom stereocenters. The Morgan fingerprint density at radius 1 is 1.59 bits per heavy atom. The van der Waals surface area contributed by atoms with Gasteiger partial charge in [-0.3, -0.25) is 9.78 Å². The summed E-state index contributed by atoms with van der Waals surface area (Å²) in [5, 5.41) is 0.634. The van der Waals surface area contributed by atoms with Crippen LogP contribution in [0.15, 0.2) is 18.5 Å². The fourth-order valence-electron chi connectivity index (χ4n) is 1.34. The molecule has 1 amide bonds. The summed E-state index contributed by atoms with van der Waals surface area (Å²) in [5.74, 6) is -0.948. The standard InChI is InChI=1S/C11H14BrFN2O2/c1-17-7-6-15(5-3-12)11(16)9-2-4-14-8-10(9)13/h2,4,8H,3,5-7H2,1H3. The quantitative estimate of drug-likeness (QED) is 0.751. The van der Waals surface area contributed by atoms with E-state index in [1.165, 1.54) is 17.2 Å². The van der Waals surface area contributed by atoms with Crippen LogP contribution in [0.5, 0.6) is 0 Å². The number of hydrogen-bond acceptors (Lipinski definition) is 3. The minimum atomic E-state index is -0.602. The summed E-state index contributed by atoms with van der Waals surface area (Å²) in [4.78, 5) is 17.2. The van der Waals surface area contributed by atoms with Crippen LogP contribution in [0.25, 0.3) is 0 Å². The lowest BCUT2D eigenvalue weighted by Gasteiger charge is -2.21. The zero-order valence-corrected chi connectivity index (χ0v) is 11.1. The average Bonchev–Trinajstić information content (AvgIpc) is 2.34. The second-order valence-corrected chi connectivity index (χ2v) is 4.12. The molecule has 0 fully saturated rings. The van der Waals surface area contributed by atoms with E-state index < -0.39 is 5.82 Å². The van der Waals surface area contributed by atoms with Crippen molar-refractivity contribution < 1.29 is 13.9 Å². The molecule has 0 spiro atoms. The molecule has 0 N–H and O–H groups in total. The molecule has 94 valence electrons. The normalized spacial score (nSPS) is 10.3. The van der Waals surface area contributed by atoms with Crippen molar-refractivity contribution in [3.8, 4) is 0 Å². The summed E-state index contributed by atoms with van der Waals surface area (Å²) in [6.07, 6.45) is 2.44. The van der Waals surface area contributed by atoms with E-state index in [0.29, 0.717) is 25.0 Å². The molecule has 1 aromatic rings. The third-order valence-electron chi connectivity index (χ3n) is 2.21. The summed E-state index contributed by atoms with van der Waals surface area (Å²) in [6, 6.07) is 1.38. The fourth-order valence-corrected chi connectivity index (χ4v) is 1.77. The number of hydrogen-bond donors (Lipinski definition) is 0. The predicted octanol–water partition coefficient (Wildman–Crippen LogP) is 1.70. The Morgan fingerprint density at radius 2 is 2.35 bits per heavy atom. The van der Waals surface area contributed by atoms with Gasteiger partial charge in [-0.15, -0.1) is 0 Å². The van der Waals surface area contributed by atoms with E-state index >= 15 is 0 Å². The topological polar surface area (TPSA) is 42.4 Å². The summed E-state index contributed by atoms with van der Waals surface area (Å²) in [5.41, 5.74) is 0.0389. The van der Waals surface area contributed by atoms with Crippen molar-refractivity contribution in [2.75, 3.05) is 32.1 Å². The largest absolute Gasteiger partial charge is 0.383 e. The number of alkyl halides is 1. The summed E-state index contributed by atoms with van der Waals surface area (Å²) in [7, 11) is 1.56. The van der Waals surface area contributed by atoms with E-state index in [0.717, 1.165) is 6.20 Å². The number of amides is 1. The van der Waals surface area contributed by atoms with Crippen LogP contribution in [0.3, 0.4) is 0 Å². The van der Waals surface area contributed by atoms with Gasteiger partial charge in [0.05, 0.1) is 18.4 Å². The number of pyridine rings is 1. The zero-order chi connectivity index (χ0) is 12.7. The molecule has 1 aromatic heterocycles. The third kappa shape index (κ3) is 4.05. The highest BCUT2D eigenvalue weighted by Gasteiger charge is 2.18. The zero-order valence-electron chi connectivity index (χ0n) is 9.53. The molecule has 0 aliphatic rings. The maximum absolute atomic E-state index is 13.4. The molecular formula is C11H14BrFN2O2. The number of halogens is 2. The second kappa shape index (κ2) is 7.34. The lowest BCUT2D eigenvalue weighted by Crippen LogP contribution is -2.35. The van der Waals surface area contributed by atoms with Gasteiger partial charge >= 0.3 is 0 Å². The SMILES string of the molecule is COCCN(CCBr)C(=O)c1ccncc1F. The number of ether oxygens (including phenoxy) is 1. The van der Waals surface area contributed by atoms with Crippen molar-refractivity contribution in [1.29, 1.82) is 0 Å². The number of rotatable bonds is 6. The monoisotopic (exact) mass is 304 g/mol. The van der Waals surface area contributed by atoms with Crippen LogP contribution in [-0.2, 0) is 4.74 Å². The van der Waals surface area contributed by atoms with Gasteiger partial charge in [-0.2, -0.15) is 0 Å². The Bertz CT molecular complexity index is 376. The van der Waals surface area contributed by atoms with Crippen molar-refractivity contribution in [1.82, 2.24) is 9.88 Å². The predicted molar refractivity (Wildman–Crippen MR) is 65.8 cm³/mol. The molecule has 17 heavy (non-hydrogen) atoms. The number of carbonyl (C=O) groups excluding carboxylic acids is 1. The van der Waals surface area contributed by atoms with Crippen molar-refractivity contribution in [2.24, 2.45) is 0 Å². The minimum Gasteiger partial charge on any atom is -0.383 e. The van der Waals surface area contributed by atoms with Gasteiger partial charge in [-0.05, 0) is 6.07 Å². The molecule has 0 saturated carbocycles. The molecule has 1 heterocycles. The van der Waals surface area contributed by atoms with Crippen molar-refractivity contribution in [3.63, 3.8) is 0 Å². The molecule has 0 aliphatic carbocycles. The average molecular weight is 305 g/mol. The lowest BCUT2D eigenvalue weighted by molar-refractivity contribution is 0.0704. The van der Waals surface area contributed by atoms with Crippen molar-refractivity contribution in [3.05, 3.63) is 29.8 Å². The van der Waals surface area contributed by atoms with Crippen LogP contribution in [0, 0.1) is 5.82 Å². The Morgan fingerprint density at radius 3 is 2.94 bits per heavy atom. The first kappa shape index (κ1) is 14.1. The first-order chi connectivity index (χ1) is 8.20. The molecule has 0 aromatic carbocycles. The van der Waals surface area contributed by atoms with Crippen molar-refractivity contribution in [2.45, 2.75) is 0 Å². The van der Waals surface area contributed by atoms with Crippen LogP contribution in [0.1, 0.15) is 10.4 Å². The number of aromatic nitrogens is 1. The molecule has 0 saturated heterocycles. The first-order valence-electron chi connectivity index (χ1n) is 5.14. The number of nitrogens with zero attached hydrogens (tertiary/aromatic N) is 2. The van der Waals surface area contributed by atoms with Crippen molar-refractivity contribution >= 4 is 21.8 Å². The molecule has 0 aliphatic heterocycles. The number of methoxy groups -OCH3 is 1. The Balaban J connectivity index is 2.80. The Hall–Kier alpha value is -1.01. The molecule has 6 heteroatoms. The van der Waals surface area contributed by atoms with Gasteiger partial charge in [-0.1, -0.05) is 15.9 Å². The van der Waals surface area contributed by atoms with Crippen LogP contribution in [0.2, 0.25) is 0 Å². The molecule has 4 nitrogen and oxygen atoms in total. The highest BCUT2D eigenvalue weighted by atomic mass is 79.9. The van der Waals surface area contributed by atoms with Gasteiger partial charge in [0.25, 0.3) is 5.91 Å².